The zero-order valence-electron chi connectivity index (χ0n) is 11.9. The molecular weight excluding hydrogens is 246 g/mol. The van der Waals surface area contributed by atoms with Crippen LogP contribution in [0, 0.1) is 0 Å². The lowest BCUT2D eigenvalue weighted by molar-refractivity contribution is -0.121. The van der Waals surface area contributed by atoms with Gasteiger partial charge in [-0.15, -0.1) is 0 Å². The monoisotopic (exact) mass is 267 g/mol. The lowest BCUT2D eigenvalue weighted by Gasteiger charge is -2.17. The zero-order chi connectivity index (χ0) is 14.2. The Labute approximate surface area is 120 Å². The van der Waals surface area contributed by atoms with E-state index in [-0.39, 0.29) is 11.9 Å². The Hall–Kier alpha value is -2.09. The van der Waals surface area contributed by atoms with Gasteiger partial charge in [0.15, 0.2) is 0 Å². The summed E-state index contributed by atoms with van der Waals surface area (Å²) in [5.74, 6) is 0.115. The molecule has 0 saturated heterocycles. The predicted molar refractivity (Wildman–Crippen MR) is 82.4 cm³/mol. The molecule has 20 heavy (non-hydrogen) atoms. The van der Waals surface area contributed by atoms with Gasteiger partial charge in [0, 0.05) is 6.42 Å². The third kappa shape index (κ3) is 4.23. The van der Waals surface area contributed by atoms with Gasteiger partial charge in [-0.05, 0) is 24.0 Å². The largest absolute Gasteiger partial charge is 0.349 e. The number of nitrogens with one attached hydrogen (secondary N) is 1. The number of carbonyl (C=O) groups is 1. The molecule has 0 bridgehead atoms. The first kappa shape index (κ1) is 14.3. The van der Waals surface area contributed by atoms with E-state index in [9.17, 15) is 4.79 Å². The average Bonchev–Trinajstić information content (AvgIpc) is 2.52. The molecule has 0 aliphatic rings. The topological polar surface area (TPSA) is 29.1 Å². The summed E-state index contributed by atoms with van der Waals surface area (Å²) in [5, 5.41) is 3.11. The molecule has 2 rings (SSSR count). The molecule has 0 aliphatic carbocycles. The Balaban J connectivity index is 1.87. The summed E-state index contributed by atoms with van der Waals surface area (Å²) < 4.78 is 0. The van der Waals surface area contributed by atoms with Gasteiger partial charge in [-0.1, -0.05) is 67.6 Å². The smallest absolute Gasteiger partial charge is 0.220 e. The Morgan fingerprint density at radius 2 is 1.60 bits per heavy atom. The van der Waals surface area contributed by atoms with E-state index in [1.165, 1.54) is 11.1 Å². The molecule has 1 N–H and O–H groups in total. The number of hydrogen-bond acceptors (Lipinski definition) is 1. The number of rotatable bonds is 6. The van der Waals surface area contributed by atoms with Crippen molar-refractivity contribution in [2.75, 3.05) is 0 Å². The van der Waals surface area contributed by atoms with E-state index in [1.54, 1.807) is 0 Å². The van der Waals surface area contributed by atoms with E-state index in [2.05, 4.69) is 36.5 Å². The van der Waals surface area contributed by atoms with Crippen molar-refractivity contribution in [2.24, 2.45) is 0 Å². The lowest BCUT2D eigenvalue weighted by Crippen LogP contribution is -2.28. The highest BCUT2D eigenvalue weighted by Gasteiger charge is 2.11. The van der Waals surface area contributed by atoms with Crippen molar-refractivity contribution in [3.8, 4) is 0 Å². The zero-order valence-corrected chi connectivity index (χ0v) is 11.9. The molecule has 1 unspecified atom stereocenters. The summed E-state index contributed by atoms with van der Waals surface area (Å²) >= 11 is 0. The van der Waals surface area contributed by atoms with Crippen LogP contribution < -0.4 is 5.32 Å². The highest BCUT2D eigenvalue weighted by molar-refractivity contribution is 5.76. The fourth-order valence-corrected chi connectivity index (χ4v) is 2.28. The van der Waals surface area contributed by atoms with Crippen LogP contribution in [0.15, 0.2) is 60.7 Å². The molecule has 0 saturated carbocycles. The normalized spacial score (nSPS) is 11.8. The van der Waals surface area contributed by atoms with Gasteiger partial charge in [0.2, 0.25) is 5.91 Å². The molecule has 104 valence electrons. The van der Waals surface area contributed by atoms with E-state index < -0.39 is 0 Å². The molecule has 1 atom stereocenters. The first-order valence-electron chi connectivity index (χ1n) is 7.18. The molecule has 0 aromatic heterocycles. The predicted octanol–water partition coefficient (Wildman–Crippen LogP) is 3.89. The van der Waals surface area contributed by atoms with Gasteiger partial charge in [0.1, 0.15) is 0 Å². The number of carbonyl (C=O) groups excluding carboxylic acids is 1. The lowest BCUT2D eigenvalue weighted by atomic mass is 10.0. The van der Waals surface area contributed by atoms with Crippen LogP contribution in [0.5, 0.6) is 0 Å². The molecule has 2 nitrogen and oxygen atoms in total. The Morgan fingerprint density at radius 1 is 1.00 bits per heavy atom. The molecule has 2 aromatic rings. The van der Waals surface area contributed by atoms with Crippen LogP contribution in [0.4, 0.5) is 0 Å². The van der Waals surface area contributed by atoms with Gasteiger partial charge in [-0.3, -0.25) is 4.79 Å². The van der Waals surface area contributed by atoms with E-state index in [4.69, 9.17) is 0 Å². The number of hydrogen-bond donors (Lipinski definition) is 1. The summed E-state index contributed by atoms with van der Waals surface area (Å²) in [6.07, 6.45) is 2.23. The second-order valence-electron chi connectivity index (χ2n) is 4.92. The quantitative estimate of drug-likeness (QED) is 0.845. The molecule has 2 aromatic carbocycles. The average molecular weight is 267 g/mol. The van der Waals surface area contributed by atoms with Crippen molar-refractivity contribution in [3.63, 3.8) is 0 Å². The highest BCUT2D eigenvalue weighted by atomic mass is 16.1. The standard InChI is InChI=1S/C18H21NO/c1-2-17(16-11-7-4-8-12-16)19-18(20)14-13-15-9-5-3-6-10-15/h3-12,17H,2,13-14H2,1H3,(H,19,20). The van der Waals surface area contributed by atoms with Crippen molar-refractivity contribution < 1.29 is 4.79 Å². The Kier molecular flexibility index (Phi) is 5.36. The van der Waals surface area contributed by atoms with Gasteiger partial charge in [0.05, 0.1) is 6.04 Å². The van der Waals surface area contributed by atoms with E-state index in [0.717, 1.165) is 12.8 Å². The maximum atomic E-state index is 12.0. The molecule has 0 heterocycles. The number of amides is 1. The molecule has 2 heteroatoms. The fourth-order valence-electron chi connectivity index (χ4n) is 2.28. The SMILES string of the molecule is CCC(NC(=O)CCc1ccccc1)c1ccccc1. The first-order chi connectivity index (χ1) is 9.79. The molecule has 0 spiro atoms. The molecular formula is C18H21NO. The van der Waals surface area contributed by atoms with Gasteiger partial charge in [-0.25, -0.2) is 0 Å². The van der Waals surface area contributed by atoms with Crippen LogP contribution in [-0.4, -0.2) is 5.91 Å². The minimum absolute atomic E-state index is 0.111. The van der Waals surface area contributed by atoms with Crippen LogP contribution in [0.1, 0.15) is 36.9 Å². The van der Waals surface area contributed by atoms with Gasteiger partial charge >= 0.3 is 0 Å². The van der Waals surface area contributed by atoms with Crippen LogP contribution in [0.3, 0.4) is 0 Å². The Morgan fingerprint density at radius 3 is 2.20 bits per heavy atom. The molecule has 0 aliphatic heterocycles. The van der Waals surface area contributed by atoms with Crippen molar-refractivity contribution >= 4 is 5.91 Å². The third-order valence-corrected chi connectivity index (χ3v) is 3.43. The maximum Gasteiger partial charge on any atom is 0.220 e. The van der Waals surface area contributed by atoms with Gasteiger partial charge < -0.3 is 5.32 Å². The van der Waals surface area contributed by atoms with Crippen molar-refractivity contribution in [3.05, 3.63) is 71.8 Å². The maximum absolute atomic E-state index is 12.0. The molecule has 1 amide bonds. The highest BCUT2D eigenvalue weighted by Crippen LogP contribution is 2.16. The molecule has 0 radical (unpaired) electrons. The Bertz CT molecular complexity index is 522. The van der Waals surface area contributed by atoms with Crippen LogP contribution in [-0.2, 0) is 11.2 Å². The van der Waals surface area contributed by atoms with Crippen LogP contribution in [0.25, 0.3) is 0 Å². The van der Waals surface area contributed by atoms with Crippen LogP contribution in [0.2, 0.25) is 0 Å². The summed E-state index contributed by atoms with van der Waals surface area (Å²) in [5.41, 5.74) is 2.37. The molecule has 0 fully saturated rings. The first-order valence-corrected chi connectivity index (χ1v) is 7.18. The van der Waals surface area contributed by atoms with Crippen LogP contribution >= 0.6 is 0 Å². The van der Waals surface area contributed by atoms with Crippen molar-refractivity contribution in [1.82, 2.24) is 5.32 Å². The number of benzene rings is 2. The van der Waals surface area contributed by atoms with Gasteiger partial charge in [0.25, 0.3) is 0 Å². The van der Waals surface area contributed by atoms with Crippen molar-refractivity contribution in [2.45, 2.75) is 32.2 Å². The van der Waals surface area contributed by atoms with E-state index in [1.807, 2.05) is 36.4 Å². The van der Waals surface area contributed by atoms with E-state index >= 15 is 0 Å². The van der Waals surface area contributed by atoms with E-state index in [0.29, 0.717) is 6.42 Å². The summed E-state index contributed by atoms with van der Waals surface area (Å²) in [4.78, 5) is 12.0. The summed E-state index contributed by atoms with van der Waals surface area (Å²) in [7, 11) is 0. The van der Waals surface area contributed by atoms with Crippen molar-refractivity contribution in [1.29, 1.82) is 0 Å². The third-order valence-electron chi connectivity index (χ3n) is 3.43. The fraction of sp³-hybridized carbons (Fsp3) is 0.278. The second kappa shape index (κ2) is 7.49. The second-order valence-corrected chi connectivity index (χ2v) is 4.92. The number of aryl methyl sites for hydroxylation is 1. The minimum atomic E-state index is 0.111. The summed E-state index contributed by atoms with van der Waals surface area (Å²) in [6, 6.07) is 20.4. The summed E-state index contributed by atoms with van der Waals surface area (Å²) in [6.45, 7) is 2.09. The minimum Gasteiger partial charge on any atom is -0.349 e. The van der Waals surface area contributed by atoms with Gasteiger partial charge in [-0.2, -0.15) is 0 Å².